The fourth-order valence-corrected chi connectivity index (χ4v) is 2.70. The van der Waals surface area contributed by atoms with Crippen LogP contribution in [0.15, 0.2) is 11.4 Å². The molecule has 2 heterocycles. The molecule has 0 aliphatic rings. The van der Waals surface area contributed by atoms with Gasteiger partial charge >= 0.3 is 0 Å². The molecule has 0 amide bonds. The summed E-state index contributed by atoms with van der Waals surface area (Å²) in [4.78, 5) is 0. The van der Waals surface area contributed by atoms with Crippen LogP contribution in [0.1, 0.15) is 20.8 Å². The van der Waals surface area contributed by atoms with E-state index >= 15 is 0 Å². The lowest BCUT2D eigenvalue weighted by atomic mass is 10.3. The highest BCUT2D eigenvalue weighted by molar-refractivity contribution is 7.99. The third-order valence-electron chi connectivity index (χ3n) is 2.60. The predicted octanol–water partition coefficient (Wildman–Crippen LogP) is 2.21. The van der Waals surface area contributed by atoms with Gasteiger partial charge in [-0.2, -0.15) is 0 Å². The maximum atomic E-state index is 5.29. The van der Waals surface area contributed by atoms with Gasteiger partial charge in [-0.3, -0.25) is 4.68 Å². The Hall–Kier alpha value is -1.50. The Kier molecular flexibility index (Phi) is 4.14. The van der Waals surface area contributed by atoms with E-state index in [0.29, 0.717) is 11.1 Å². The van der Waals surface area contributed by atoms with Gasteiger partial charge in [-0.15, -0.1) is 15.3 Å². The first-order valence-electron chi connectivity index (χ1n) is 6.24. The van der Waals surface area contributed by atoms with E-state index in [1.807, 2.05) is 13.2 Å². The normalized spacial score (nSPS) is 11.3. The lowest BCUT2D eigenvalue weighted by Gasteiger charge is -2.08. The first kappa shape index (κ1) is 13.9. The van der Waals surface area contributed by atoms with Gasteiger partial charge in [0.1, 0.15) is 5.56 Å². The van der Waals surface area contributed by atoms with Crippen LogP contribution in [0.4, 0.5) is 0 Å². The zero-order valence-corrected chi connectivity index (χ0v) is 12.7. The van der Waals surface area contributed by atoms with Crippen LogP contribution in [0.5, 0.6) is 5.88 Å². The van der Waals surface area contributed by atoms with Gasteiger partial charge in [-0.05, 0) is 6.92 Å². The molecule has 0 saturated carbocycles. The quantitative estimate of drug-likeness (QED) is 0.786. The highest BCUT2D eigenvalue weighted by Crippen LogP contribution is 2.30. The van der Waals surface area contributed by atoms with Crippen LogP contribution in [0.25, 0.3) is 11.4 Å². The van der Waals surface area contributed by atoms with Gasteiger partial charge in [0.15, 0.2) is 11.0 Å². The Morgan fingerprint density at radius 3 is 2.68 bits per heavy atom. The summed E-state index contributed by atoms with van der Waals surface area (Å²) in [6.45, 7) is 7.18. The third kappa shape index (κ3) is 2.75. The van der Waals surface area contributed by atoms with Crippen molar-refractivity contribution >= 4 is 11.8 Å². The molecule has 19 heavy (non-hydrogen) atoms. The van der Waals surface area contributed by atoms with Crippen molar-refractivity contribution in [2.24, 2.45) is 7.05 Å². The molecule has 0 atom stereocenters. The first-order valence-corrected chi connectivity index (χ1v) is 7.12. The molecule has 0 aromatic carbocycles. The van der Waals surface area contributed by atoms with E-state index in [-0.39, 0.29) is 0 Å². The van der Waals surface area contributed by atoms with Gasteiger partial charge in [-0.25, -0.2) is 0 Å². The number of hydrogen-bond acceptors (Lipinski definition) is 5. The van der Waals surface area contributed by atoms with E-state index in [9.17, 15) is 0 Å². The monoisotopic (exact) mass is 281 g/mol. The molecule has 2 aromatic heterocycles. The molecule has 0 spiro atoms. The molecule has 0 aliphatic heterocycles. The standard InChI is InChI=1S/C12H19N5OS/c1-6-17-10(13-14-12(17)19-8(2)3)9-7-16(4)15-11(9)18-5/h7-8H,6H2,1-5H3. The van der Waals surface area contributed by atoms with Crippen molar-refractivity contribution in [2.45, 2.75) is 37.7 Å². The van der Waals surface area contributed by atoms with Gasteiger partial charge in [0.2, 0.25) is 5.88 Å². The number of nitrogens with zero attached hydrogens (tertiary/aromatic N) is 5. The van der Waals surface area contributed by atoms with Crippen molar-refractivity contribution in [3.05, 3.63) is 6.20 Å². The highest BCUT2D eigenvalue weighted by Gasteiger charge is 2.19. The van der Waals surface area contributed by atoms with Crippen molar-refractivity contribution in [2.75, 3.05) is 7.11 Å². The summed E-state index contributed by atoms with van der Waals surface area (Å²) < 4.78 is 9.10. The van der Waals surface area contributed by atoms with E-state index in [4.69, 9.17) is 4.74 Å². The Balaban J connectivity index is 2.47. The number of hydrogen-bond donors (Lipinski definition) is 0. The van der Waals surface area contributed by atoms with Crippen LogP contribution in [0.2, 0.25) is 0 Å². The molecular formula is C12H19N5OS. The molecule has 6 nitrogen and oxygen atoms in total. The molecular weight excluding hydrogens is 262 g/mol. The highest BCUT2D eigenvalue weighted by atomic mass is 32.2. The molecule has 2 aromatic rings. The SMILES string of the molecule is CCn1c(SC(C)C)nnc1-c1cn(C)nc1OC. The first-order chi connectivity index (χ1) is 9.06. The summed E-state index contributed by atoms with van der Waals surface area (Å²) in [6, 6.07) is 0. The number of thioether (sulfide) groups is 1. The minimum Gasteiger partial charge on any atom is -0.479 e. The number of ether oxygens (including phenoxy) is 1. The van der Waals surface area contributed by atoms with Crippen LogP contribution in [-0.4, -0.2) is 36.9 Å². The van der Waals surface area contributed by atoms with E-state index in [1.54, 1.807) is 23.6 Å². The second-order valence-corrected chi connectivity index (χ2v) is 5.99. The summed E-state index contributed by atoms with van der Waals surface area (Å²) in [5.74, 6) is 1.38. The average molecular weight is 281 g/mol. The molecule has 7 heteroatoms. The Morgan fingerprint density at radius 1 is 1.37 bits per heavy atom. The largest absolute Gasteiger partial charge is 0.479 e. The molecule has 0 bridgehead atoms. The number of aryl methyl sites for hydroxylation is 1. The molecule has 0 fully saturated rings. The topological polar surface area (TPSA) is 57.8 Å². The predicted molar refractivity (Wildman–Crippen MR) is 75.4 cm³/mol. The fraction of sp³-hybridized carbons (Fsp3) is 0.583. The van der Waals surface area contributed by atoms with Gasteiger partial charge in [-0.1, -0.05) is 25.6 Å². The molecule has 0 saturated heterocycles. The molecule has 0 unspecified atom stereocenters. The van der Waals surface area contributed by atoms with E-state index < -0.39 is 0 Å². The summed E-state index contributed by atoms with van der Waals surface area (Å²) in [5.41, 5.74) is 0.870. The van der Waals surface area contributed by atoms with E-state index in [2.05, 4.69) is 40.6 Å². The van der Waals surface area contributed by atoms with Crippen molar-refractivity contribution < 1.29 is 4.74 Å². The molecule has 104 valence electrons. The minimum atomic E-state index is 0.471. The second kappa shape index (κ2) is 5.64. The Morgan fingerprint density at radius 2 is 2.11 bits per heavy atom. The maximum Gasteiger partial charge on any atom is 0.243 e. The van der Waals surface area contributed by atoms with Crippen LogP contribution >= 0.6 is 11.8 Å². The van der Waals surface area contributed by atoms with Crippen molar-refractivity contribution in [1.29, 1.82) is 0 Å². The van der Waals surface area contributed by atoms with Crippen molar-refractivity contribution in [3.8, 4) is 17.3 Å². The number of methoxy groups -OCH3 is 1. The summed E-state index contributed by atoms with van der Waals surface area (Å²) in [7, 11) is 3.48. The van der Waals surface area contributed by atoms with Crippen LogP contribution in [0.3, 0.4) is 0 Å². The molecule has 2 rings (SSSR count). The van der Waals surface area contributed by atoms with Crippen molar-refractivity contribution in [1.82, 2.24) is 24.5 Å². The van der Waals surface area contributed by atoms with Crippen LogP contribution in [-0.2, 0) is 13.6 Å². The second-order valence-electron chi connectivity index (χ2n) is 4.44. The summed E-state index contributed by atoms with van der Waals surface area (Å²) in [5, 5.41) is 14.2. The lowest BCUT2D eigenvalue weighted by Crippen LogP contribution is -2.01. The van der Waals surface area contributed by atoms with Gasteiger partial charge in [0, 0.05) is 25.0 Å². The maximum absolute atomic E-state index is 5.29. The van der Waals surface area contributed by atoms with Crippen LogP contribution < -0.4 is 4.74 Å². The van der Waals surface area contributed by atoms with Crippen molar-refractivity contribution in [3.63, 3.8) is 0 Å². The van der Waals surface area contributed by atoms with Crippen LogP contribution in [0, 0.1) is 0 Å². The molecule has 0 aliphatic carbocycles. The molecule has 0 radical (unpaired) electrons. The summed E-state index contributed by atoms with van der Waals surface area (Å²) in [6.07, 6.45) is 1.90. The minimum absolute atomic E-state index is 0.471. The third-order valence-corrected chi connectivity index (χ3v) is 3.59. The fourth-order valence-electron chi connectivity index (χ4n) is 1.84. The number of aromatic nitrogens is 5. The van der Waals surface area contributed by atoms with Gasteiger partial charge in [0.25, 0.3) is 0 Å². The van der Waals surface area contributed by atoms with E-state index in [1.165, 1.54) is 0 Å². The van der Waals surface area contributed by atoms with Gasteiger partial charge in [0.05, 0.1) is 7.11 Å². The number of rotatable bonds is 5. The zero-order valence-electron chi connectivity index (χ0n) is 11.9. The zero-order chi connectivity index (χ0) is 14.0. The average Bonchev–Trinajstić information content (AvgIpc) is 2.91. The smallest absolute Gasteiger partial charge is 0.243 e. The molecule has 0 N–H and O–H groups in total. The Bertz CT molecular complexity index is 560. The van der Waals surface area contributed by atoms with Gasteiger partial charge < -0.3 is 9.30 Å². The Labute approximate surface area is 117 Å². The van der Waals surface area contributed by atoms with E-state index in [0.717, 1.165) is 23.1 Å². The lowest BCUT2D eigenvalue weighted by molar-refractivity contribution is 0.393. The summed E-state index contributed by atoms with van der Waals surface area (Å²) >= 11 is 1.71.